The molecule has 0 bridgehead atoms. The summed E-state index contributed by atoms with van der Waals surface area (Å²) in [7, 11) is 0. The van der Waals surface area contributed by atoms with Gasteiger partial charge in [-0.1, -0.05) is 12.1 Å². The Bertz CT molecular complexity index is 737. The molecule has 1 aliphatic heterocycles. The van der Waals surface area contributed by atoms with Gasteiger partial charge in [-0.3, -0.25) is 4.79 Å². The summed E-state index contributed by atoms with van der Waals surface area (Å²) < 4.78 is 16.7. The van der Waals surface area contributed by atoms with E-state index in [-0.39, 0.29) is 12.2 Å². The van der Waals surface area contributed by atoms with E-state index >= 15 is 0 Å². The molecular weight excluding hydrogens is 308 g/mol. The lowest BCUT2D eigenvalue weighted by Gasteiger charge is -2.12. The number of benzene rings is 2. The quantitative estimate of drug-likeness (QED) is 0.824. The molecule has 2 N–H and O–H groups in total. The van der Waals surface area contributed by atoms with Gasteiger partial charge in [-0.05, 0) is 30.3 Å². The van der Waals surface area contributed by atoms with Gasteiger partial charge in [0.15, 0.2) is 6.29 Å². The highest BCUT2D eigenvalue weighted by atomic mass is 16.7. The lowest BCUT2D eigenvalue weighted by molar-refractivity contribution is -0.114. The Balaban J connectivity index is 1.73. The maximum Gasteiger partial charge on any atom is 0.221 e. The third kappa shape index (κ3) is 3.79. The molecule has 0 unspecified atom stereocenters. The maximum atomic E-state index is 11.2. The predicted molar refractivity (Wildman–Crippen MR) is 89.8 cm³/mol. The third-order valence-electron chi connectivity index (χ3n) is 3.50. The Labute approximate surface area is 139 Å². The fourth-order valence-electron chi connectivity index (χ4n) is 2.41. The third-order valence-corrected chi connectivity index (χ3v) is 3.50. The van der Waals surface area contributed by atoms with Crippen molar-refractivity contribution in [2.24, 2.45) is 0 Å². The number of ether oxygens (including phenoxy) is 3. The summed E-state index contributed by atoms with van der Waals surface area (Å²) in [5.41, 5.74) is 2.10. The van der Waals surface area contributed by atoms with Gasteiger partial charge in [0.1, 0.15) is 11.5 Å². The summed E-state index contributed by atoms with van der Waals surface area (Å²) >= 11 is 0. The second-order valence-corrected chi connectivity index (χ2v) is 5.32. The molecule has 24 heavy (non-hydrogen) atoms. The van der Waals surface area contributed by atoms with E-state index in [0.29, 0.717) is 36.0 Å². The fraction of sp³-hybridized carbons (Fsp3) is 0.222. The van der Waals surface area contributed by atoms with E-state index in [0.717, 1.165) is 5.56 Å². The summed E-state index contributed by atoms with van der Waals surface area (Å²) in [6, 6.07) is 12.6. The van der Waals surface area contributed by atoms with E-state index in [2.05, 4.69) is 5.32 Å². The van der Waals surface area contributed by atoms with Crippen LogP contribution in [0.15, 0.2) is 42.5 Å². The number of rotatable bonds is 5. The van der Waals surface area contributed by atoms with Crippen LogP contribution in [0.5, 0.6) is 11.5 Å². The molecule has 0 radical (unpaired) electrons. The van der Waals surface area contributed by atoms with Crippen LogP contribution in [0, 0.1) is 5.41 Å². The van der Waals surface area contributed by atoms with Crippen molar-refractivity contribution in [2.45, 2.75) is 13.2 Å². The van der Waals surface area contributed by atoms with Crippen molar-refractivity contribution in [2.75, 3.05) is 18.5 Å². The molecule has 3 rings (SSSR count). The second kappa shape index (κ2) is 7.25. The molecule has 2 aromatic rings. The average molecular weight is 326 g/mol. The number of hydrogen-bond acceptors (Lipinski definition) is 5. The molecule has 1 amide bonds. The molecule has 0 atom stereocenters. The van der Waals surface area contributed by atoms with Gasteiger partial charge in [0, 0.05) is 30.0 Å². The monoisotopic (exact) mass is 326 g/mol. The van der Waals surface area contributed by atoms with Crippen LogP contribution in [-0.4, -0.2) is 25.3 Å². The lowest BCUT2D eigenvalue weighted by atomic mass is 10.1. The molecule has 1 fully saturated rings. The van der Waals surface area contributed by atoms with Gasteiger partial charge < -0.3 is 24.9 Å². The van der Waals surface area contributed by atoms with Crippen molar-refractivity contribution in [1.29, 1.82) is 5.41 Å². The summed E-state index contributed by atoms with van der Waals surface area (Å²) in [5, 5.41) is 10.1. The fourth-order valence-corrected chi connectivity index (χ4v) is 2.41. The standard InChI is InChI=1S/C18H18N2O4/c1-12(21)20-17-7-6-16(10-14(17)11-19)24-15-4-2-13(3-5-15)18-22-8-9-23-18/h2-7,10-11,18-19H,8-9H2,1H3,(H,20,21). The minimum atomic E-state index is -0.305. The van der Waals surface area contributed by atoms with E-state index in [1.165, 1.54) is 13.1 Å². The topological polar surface area (TPSA) is 80.6 Å². The van der Waals surface area contributed by atoms with Crippen LogP contribution in [0.25, 0.3) is 0 Å². The highest BCUT2D eigenvalue weighted by Gasteiger charge is 2.17. The largest absolute Gasteiger partial charge is 0.457 e. The van der Waals surface area contributed by atoms with E-state index in [1.807, 2.05) is 24.3 Å². The van der Waals surface area contributed by atoms with Crippen LogP contribution in [0.3, 0.4) is 0 Å². The number of hydrogen-bond donors (Lipinski definition) is 2. The van der Waals surface area contributed by atoms with Crippen molar-refractivity contribution in [3.05, 3.63) is 53.6 Å². The number of amides is 1. The molecule has 0 aliphatic carbocycles. The van der Waals surface area contributed by atoms with Crippen LogP contribution >= 0.6 is 0 Å². The molecule has 2 aromatic carbocycles. The normalized spacial score (nSPS) is 14.4. The molecule has 1 saturated heterocycles. The van der Waals surface area contributed by atoms with E-state index in [4.69, 9.17) is 19.6 Å². The molecule has 124 valence electrons. The van der Waals surface area contributed by atoms with Crippen LogP contribution < -0.4 is 10.1 Å². The van der Waals surface area contributed by atoms with Gasteiger partial charge in [0.2, 0.25) is 5.91 Å². The van der Waals surface area contributed by atoms with Gasteiger partial charge in [-0.15, -0.1) is 0 Å². The van der Waals surface area contributed by atoms with Crippen LogP contribution in [-0.2, 0) is 14.3 Å². The van der Waals surface area contributed by atoms with Crippen molar-refractivity contribution < 1.29 is 19.0 Å². The maximum absolute atomic E-state index is 11.2. The van der Waals surface area contributed by atoms with Crippen LogP contribution in [0.1, 0.15) is 24.3 Å². The summed E-state index contributed by atoms with van der Waals surface area (Å²) in [4.78, 5) is 11.2. The molecule has 0 spiro atoms. The van der Waals surface area contributed by atoms with Crippen molar-refractivity contribution in [1.82, 2.24) is 0 Å². The van der Waals surface area contributed by atoms with Gasteiger partial charge in [0.25, 0.3) is 0 Å². The predicted octanol–water partition coefficient (Wildman–Crippen LogP) is 3.48. The van der Waals surface area contributed by atoms with E-state index in [9.17, 15) is 4.79 Å². The Morgan fingerprint density at radius 1 is 1.17 bits per heavy atom. The Morgan fingerprint density at radius 2 is 1.83 bits per heavy atom. The van der Waals surface area contributed by atoms with Crippen LogP contribution in [0.2, 0.25) is 0 Å². The molecule has 0 aromatic heterocycles. The SMILES string of the molecule is CC(=O)Nc1ccc(Oc2ccc(C3OCCO3)cc2)cc1C=N. The zero-order valence-electron chi connectivity index (χ0n) is 13.2. The van der Waals surface area contributed by atoms with Gasteiger partial charge in [-0.25, -0.2) is 0 Å². The summed E-state index contributed by atoms with van der Waals surface area (Å²) in [6.07, 6.45) is 0.872. The second-order valence-electron chi connectivity index (χ2n) is 5.32. The first-order valence-electron chi connectivity index (χ1n) is 7.59. The first-order valence-corrected chi connectivity index (χ1v) is 7.59. The summed E-state index contributed by atoms with van der Waals surface area (Å²) in [6.45, 7) is 2.64. The highest BCUT2D eigenvalue weighted by Crippen LogP contribution is 2.28. The Kier molecular flexibility index (Phi) is 4.88. The first-order chi connectivity index (χ1) is 11.7. The first kappa shape index (κ1) is 16.2. The zero-order valence-corrected chi connectivity index (χ0v) is 13.2. The molecular formula is C18H18N2O4. The molecule has 6 nitrogen and oxygen atoms in total. The smallest absolute Gasteiger partial charge is 0.221 e. The van der Waals surface area contributed by atoms with Gasteiger partial charge >= 0.3 is 0 Å². The van der Waals surface area contributed by atoms with Crippen molar-refractivity contribution in [3.63, 3.8) is 0 Å². The number of carbonyl (C=O) groups is 1. The number of anilines is 1. The minimum Gasteiger partial charge on any atom is -0.457 e. The Morgan fingerprint density at radius 3 is 2.46 bits per heavy atom. The number of nitrogens with one attached hydrogen (secondary N) is 2. The Hall–Kier alpha value is -2.70. The van der Waals surface area contributed by atoms with Crippen molar-refractivity contribution >= 4 is 17.8 Å². The average Bonchev–Trinajstić information content (AvgIpc) is 3.11. The molecule has 6 heteroatoms. The van der Waals surface area contributed by atoms with Gasteiger partial charge in [0.05, 0.1) is 13.2 Å². The molecule has 0 saturated carbocycles. The number of carbonyl (C=O) groups excluding carboxylic acids is 1. The summed E-state index contributed by atoms with van der Waals surface area (Å²) in [5.74, 6) is 1.07. The van der Waals surface area contributed by atoms with Crippen LogP contribution in [0.4, 0.5) is 5.69 Å². The molecule has 1 heterocycles. The highest BCUT2D eigenvalue weighted by molar-refractivity contribution is 5.96. The lowest BCUT2D eigenvalue weighted by Crippen LogP contribution is -2.07. The molecule has 1 aliphatic rings. The van der Waals surface area contributed by atoms with E-state index < -0.39 is 0 Å². The van der Waals surface area contributed by atoms with E-state index in [1.54, 1.807) is 18.2 Å². The van der Waals surface area contributed by atoms with Gasteiger partial charge in [-0.2, -0.15) is 0 Å². The minimum absolute atomic E-state index is 0.182. The zero-order chi connectivity index (χ0) is 16.9. The van der Waals surface area contributed by atoms with Crippen molar-refractivity contribution in [3.8, 4) is 11.5 Å².